The second kappa shape index (κ2) is 18.2. The highest BCUT2D eigenvalue weighted by atomic mass is 16.7. The molecule has 1 aliphatic carbocycles. The van der Waals surface area contributed by atoms with Crippen LogP contribution in [-0.4, -0.2) is 30.1 Å². The fraction of sp³-hybridized carbons (Fsp3) is 0.339. The molecule has 1 saturated carbocycles. The van der Waals surface area contributed by atoms with Crippen LogP contribution in [-0.2, 0) is 39.3 Å². The molecule has 0 bridgehead atoms. The highest BCUT2D eigenvalue weighted by Gasteiger charge is 2.49. The van der Waals surface area contributed by atoms with Crippen molar-refractivity contribution in [2.45, 2.75) is 109 Å². The molecule has 62 heavy (non-hydrogen) atoms. The Hall–Kier alpha value is -5.85. The first-order valence-electron chi connectivity index (χ1n) is 22.4. The Bertz CT molecular complexity index is 2370. The highest BCUT2D eigenvalue weighted by molar-refractivity contribution is 5.92. The molecular formula is C56H61NO5. The Morgan fingerprint density at radius 3 is 1.68 bits per heavy atom. The third-order valence-corrected chi connectivity index (χ3v) is 12.3. The Morgan fingerprint density at radius 2 is 1.11 bits per heavy atom. The molecule has 2 atom stereocenters. The van der Waals surface area contributed by atoms with E-state index in [1.807, 2.05) is 99.6 Å². The first kappa shape index (κ1) is 42.8. The van der Waals surface area contributed by atoms with E-state index in [4.69, 9.17) is 18.9 Å². The molecule has 6 heteroatoms. The number of nitrogens with zero attached hydrogens (tertiary/aromatic N) is 1. The normalized spacial score (nSPS) is 16.3. The number of benzene rings is 6. The number of likely N-dealkylation sites (tertiary alicyclic amines) is 1. The summed E-state index contributed by atoms with van der Waals surface area (Å²) in [6.07, 6.45) is 4.83. The third kappa shape index (κ3) is 9.77. The fourth-order valence-corrected chi connectivity index (χ4v) is 8.62. The van der Waals surface area contributed by atoms with Crippen LogP contribution >= 0.6 is 0 Å². The van der Waals surface area contributed by atoms with Gasteiger partial charge in [0.25, 0.3) is 5.79 Å². The summed E-state index contributed by atoms with van der Waals surface area (Å²) in [5, 5.41) is 0. The van der Waals surface area contributed by atoms with Gasteiger partial charge in [0.1, 0.15) is 29.3 Å². The minimum atomic E-state index is -1.53. The molecule has 0 radical (unpaired) electrons. The summed E-state index contributed by atoms with van der Waals surface area (Å²) in [4.78, 5) is 18.5. The molecule has 2 fully saturated rings. The summed E-state index contributed by atoms with van der Waals surface area (Å²) in [5.74, 6) is 0.571. The van der Waals surface area contributed by atoms with Crippen LogP contribution in [0.2, 0.25) is 0 Å². The molecule has 1 aliphatic heterocycles. The van der Waals surface area contributed by atoms with Crippen molar-refractivity contribution in [1.29, 1.82) is 0 Å². The number of rotatable bonds is 16. The van der Waals surface area contributed by atoms with Crippen molar-refractivity contribution >= 4 is 5.97 Å². The lowest BCUT2D eigenvalue weighted by Gasteiger charge is -2.38. The maximum Gasteiger partial charge on any atom is 0.329 e. The van der Waals surface area contributed by atoms with Crippen LogP contribution in [0.4, 0.5) is 0 Å². The maximum absolute atomic E-state index is 16.0. The smallest absolute Gasteiger partial charge is 0.329 e. The Morgan fingerprint density at radius 1 is 0.597 bits per heavy atom. The molecule has 0 amide bonds. The van der Waals surface area contributed by atoms with E-state index in [9.17, 15) is 0 Å². The van der Waals surface area contributed by atoms with Gasteiger partial charge in [-0.15, -0.1) is 0 Å². The van der Waals surface area contributed by atoms with E-state index in [0.29, 0.717) is 29.6 Å². The largest absolute Gasteiger partial charge is 0.491 e. The van der Waals surface area contributed by atoms with Gasteiger partial charge in [-0.25, -0.2) is 0 Å². The van der Waals surface area contributed by atoms with Crippen LogP contribution < -0.4 is 14.2 Å². The van der Waals surface area contributed by atoms with Crippen molar-refractivity contribution < 1.29 is 23.7 Å². The van der Waals surface area contributed by atoms with Crippen LogP contribution in [0.1, 0.15) is 118 Å². The molecule has 6 nitrogen and oxygen atoms in total. The van der Waals surface area contributed by atoms with Gasteiger partial charge in [-0.3, -0.25) is 9.69 Å². The summed E-state index contributed by atoms with van der Waals surface area (Å²) in [6, 6.07) is 50.9. The van der Waals surface area contributed by atoms with E-state index in [1.165, 1.54) is 42.4 Å². The van der Waals surface area contributed by atoms with Gasteiger partial charge in [-0.2, -0.15) is 0 Å². The average Bonchev–Trinajstić information content (AvgIpc) is 4.00. The monoisotopic (exact) mass is 827 g/mol. The molecule has 1 saturated heterocycles. The van der Waals surface area contributed by atoms with Crippen molar-refractivity contribution in [2.75, 3.05) is 13.1 Å². The van der Waals surface area contributed by atoms with Gasteiger partial charge in [0.05, 0.1) is 6.10 Å². The number of hydrogen-bond donors (Lipinski definition) is 0. The molecule has 8 rings (SSSR count). The Balaban J connectivity index is 1.22. The third-order valence-electron chi connectivity index (χ3n) is 12.3. The summed E-state index contributed by atoms with van der Waals surface area (Å²) in [5.41, 5.74) is 6.61. The van der Waals surface area contributed by atoms with Crippen LogP contribution in [0.3, 0.4) is 0 Å². The minimum absolute atomic E-state index is 0.0102. The zero-order valence-electron chi connectivity index (χ0n) is 37.2. The predicted octanol–water partition coefficient (Wildman–Crippen LogP) is 12.7. The van der Waals surface area contributed by atoms with Crippen molar-refractivity contribution in [1.82, 2.24) is 4.90 Å². The molecule has 320 valence electrons. The second-order valence-corrected chi connectivity index (χ2v) is 18.5. The van der Waals surface area contributed by atoms with E-state index in [2.05, 4.69) is 98.5 Å². The number of para-hydroxylation sites is 1. The highest BCUT2D eigenvalue weighted by Crippen LogP contribution is 2.46. The number of hydrogen-bond acceptors (Lipinski definition) is 6. The van der Waals surface area contributed by atoms with E-state index in [-0.39, 0.29) is 11.5 Å². The van der Waals surface area contributed by atoms with E-state index >= 15 is 4.79 Å². The van der Waals surface area contributed by atoms with Gasteiger partial charge in [-0.1, -0.05) is 124 Å². The minimum Gasteiger partial charge on any atom is -0.491 e. The molecule has 0 N–H and O–H groups in total. The van der Waals surface area contributed by atoms with Crippen LogP contribution in [0.5, 0.6) is 17.2 Å². The maximum atomic E-state index is 16.0. The zero-order valence-corrected chi connectivity index (χ0v) is 37.2. The molecular weight excluding hydrogens is 767 g/mol. The van der Waals surface area contributed by atoms with Crippen molar-refractivity contribution in [3.05, 3.63) is 196 Å². The zero-order chi connectivity index (χ0) is 43.3. The predicted molar refractivity (Wildman–Crippen MR) is 248 cm³/mol. The quantitative estimate of drug-likeness (QED) is 0.0550. The standard InChI is InChI=1S/C56H61NO5/c1-40(2)60-51-34-28-46(29-35-51)55(6,61-52-12-8-7-9-13-52)62-53(58)56(48-26-20-44(21-27-48)43-18-19-43,47-24-14-41(15-25-47)38-57-36-10-11-37-57)49-30-32-50(33-31-49)59-39-42-16-22-45(23-17-42)54(3,4)5/h7-9,12-17,20-35,40,43H,10-11,18-19,36-39H2,1-6H3. The lowest BCUT2D eigenvalue weighted by atomic mass is 9.69. The van der Waals surface area contributed by atoms with E-state index < -0.39 is 17.2 Å². The van der Waals surface area contributed by atoms with Gasteiger partial charge in [-0.05, 0) is 151 Å². The molecule has 1 heterocycles. The van der Waals surface area contributed by atoms with Crippen LogP contribution in [0.15, 0.2) is 152 Å². The topological polar surface area (TPSA) is 57.2 Å². The first-order valence-corrected chi connectivity index (χ1v) is 22.4. The Kier molecular flexibility index (Phi) is 12.6. The van der Waals surface area contributed by atoms with Crippen molar-refractivity contribution in [3.63, 3.8) is 0 Å². The summed E-state index contributed by atoms with van der Waals surface area (Å²) in [7, 11) is 0. The summed E-state index contributed by atoms with van der Waals surface area (Å²) >= 11 is 0. The van der Waals surface area contributed by atoms with Crippen LogP contribution in [0, 0.1) is 0 Å². The van der Waals surface area contributed by atoms with E-state index in [0.717, 1.165) is 47.6 Å². The lowest BCUT2D eigenvalue weighted by Crippen LogP contribution is -2.46. The number of carbonyl (C=O) groups is 1. The van der Waals surface area contributed by atoms with Gasteiger partial charge in [0.2, 0.25) is 0 Å². The van der Waals surface area contributed by atoms with Gasteiger partial charge in [0.15, 0.2) is 0 Å². The number of esters is 1. The first-order chi connectivity index (χ1) is 29.9. The Labute approximate surface area is 368 Å². The van der Waals surface area contributed by atoms with Crippen molar-refractivity contribution in [2.24, 2.45) is 0 Å². The summed E-state index contributed by atoms with van der Waals surface area (Å²) in [6.45, 7) is 16.0. The number of ether oxygens (including phenoxy) is 4. The average molecular weight is 828 g/mol. The van der Waals surface area contributed by atoms with Crippen LogP contribution in [0.25, 0.3) is 0 Å². The van der Waals surface area contributed by atoms with Gasteiger partial charge < -0.3 is 18.9 Å². The van der Waals surface area contributed by atoms with Crippen molar-refractivity contribution in [3.8, 4) is 17.2 Å². The second-order valence-electron chi connectivity index (χ2n) is 18.5. The SMILES string of the molecule is CC(C)Oc1ccc(C(C)(OC(=O)C(c2ccc(CN3CCCC3)cc2)(c2ccc(OCc3ccc(C(C)(C)C)cc3)cc2)c2ccc(C3CC3)cc2)Oc2ccccc2)cc1. The van der Waals surface area contributed by atoms with Gasteiger partial charge in [0, 0.05) is 19.0 Å². The molecule has 2 unspecified atom stereocenters. The molecule has 0 spiro atoms. The molecule has 2 aliphatic rings. The molecule has 6 aromatic rings. The fourth-order valence-electron chi connectivity index (χ4n) is 8.62. The van der Waals surface area contributed by atoms with E-state index in [1.54, 1.807) is 0 Å². The van der Waals surface area contributed by atoms with Gasteiger partial charge >= 0.3 is 5.97 Å². The number of carbonyl (C=O) groups excluding carboxylic acids is 1. The summed E-state index contributed by atoms with van der Waals surface area (Å²) < 4.78 is 26.0. The molecule has 0 aromatic heterocycles. The lowest BCUT2D eigenvalue weighted by molar-refractivity contribution is -0.200. The molecule has 6 aromatic carbocycles.